The van der Waals surface area contributed by atoms with Crippen LogP contribution in [0.3, 0.4) is 0 Å². The van der Waals surface area contributed by atoms with Crippen LogP contribution in [0.15, 0.2) is 66.9 Å². The molecular formula is C34H41N5O3. The second-order valence-corrected chi connectivity index (χ2v) is 12.0. The number of anilines is 1. The highest BCUT2D eigenvalue weighted by Gasteiger charge is 2.42. The van der Waals surface area contributed by atoms with Gasteiger partial charge in [-0.1, -0.05) is 36.4 Å². The number of fused-ring (bicyclic) bond motifs is 2. The van der Waals surface area contributed by atoms with E-state index in [1.165, 1.54) is 5.56 Å². The third-order valence-electron chi connectivity index (χ3n) is 9.26. The number of pyridine rings is 1. The van der Waals surface area contributed by atoms with E-state index in [1.54, 1.807) is 13.3 Å². The van der Waals surface area contributed by atoms with Crippen molar-refractivity contribution in [2.24, 2.45) is 0 Å². The normalized spacial score (nSPS) is 22.5. The van der Waals surface area contributed by atoms with Crippen molar-refractivity contribution < 1.29 is 14.3 Å². The number of nitrogens with zero attached hydrogens (tertiary/aromatic N) is 3. The van der Waals surface area contributed by atoms with Crippen LogP contribution >= 0.6 is 0 Å². The van der Waals surface area contributed by atoms with Crippen LogP contribution in [0.1, 0.15) is 70.4 Å². The molecule has 2 N–H and O–H groups in total. The Hall–Kier alpha value is -3.91. The second kappa shape index (κ2) is 12.5. The van der Waals surface area contributed by atoms with Crippen LogP contribution < -0.4 is 20.3 Å². The van der Waals surface area contributed by atoms with Gasteiger partial charge in [0.05, 0.1) is 12.7 Å². The second-order valence-electron chi connectivity index (χ2n) is 12.0. The number of benzene rings is 2. The summed E-state index contributed by atoms with van der Waals surface area (Å²) in [6.45, 7) is 4.84. The van der Waals surface area contributed by atoms with Gasteiger partial charge in [0.15, 0.2) is 0 Å². The Labute approximate surface area is 248 Å². The van der Waals surface area contributed by atoms with Crippen molar-refractivity contribution in [3.8, 4) is 5.75 Å². The molecule has 42 heavy (non-hydrogen) atoms. The lowest BCUT2D eigenvalue weighted by molar-refractivity contribution is 0.0905. The first kappa shape index (κ1) is 28.2. The molecule has 0 aliphatic carbocycles. The largest absolute Gasteiger partial charge is 0.496 e. The van der Waals surface area contributed by atoms with Gasteiger partial charge in [0.2, 0.25) is 0 Å². The molecule has 8 heteroatoms. The molecule has 2 bridgehead atoms. The molecule has 2 amide bonds. The Bertz CT molecular complexity index is 1370. The summed E-state index contributed by atoms with van der Waals surface area (Å²) in [6, 6.07) is 21.0. The highest BCUT2D eigenvalue weighted by molar-refractivity contribution is 5.96. The molecule has 1 aromatic heterocycles. The Kier molecular flexibility index (Phi) is 8.42. The first-order valence-corrected chi connectivity index (χ1v) is 15.2. The summed E-state index contributed by atoms with van der Waals surface area (Å²) in [7, 11) is 1.63. The first-order chi connectivity index (χ1) is 20.5. The number of likely N-dealkylation sites (tertiary alicyclic amines) is 1. The third kappa shape index (κ3) is 6.14. The van der Waals surface area contributed by atoms with Crippen LogP contribution in [0.25, 0.3) is 0 Å². The summed E-state index contributed by atoms with van der Waals surface area (Å²) in [6.07, 6.45) is 7.57. The van der Waals surface area contributed by atoms with Gasteiger partial charge in [-0.25, -0.2) is 4.98 Å². The molecule has 3 saturated heterocycles. The van der Waals surface area contributed by atoms with Crippen molar-refractivity contribution in [1.82, 2.24) is 20.5 Å². The summed E-state index contributed by atoms with van der Waals surface area (Å²) < 4.78 is 5.40. The van der Waals surface area contributed by atoms with Gasteiger partial charge >= 0.3 is 0 Å². The van der Waals surface area contributed by atoms with Gasteiger partial charge in [0.25, 0.3) is 11.8 Å². The molecule has 4 heterocycles. The molecule has 1 unspecified atom stereocenters. The quantitative estimate of drug-likeness (QED) is 0.410. The maximum absolute atomic E-state index is 13.1. The minimum Gasteiger partial charge on any atom is -0.496 e. The zero-order chi connectivity index (χ0) is 29.1. The molecule has 0 radical (unpaired) electrons. The van der Waals surface area contributed by atoms with Crippen molar-refractivity contribution >= 4 is 17.6 Å². The fourth-order valence-corrected chi connectivity index (χ4v) is 7.03. The Morgan fingerprint density at radius 1 is 0.857 bits per heavy atom. The lowest BCUT2D eigenvalue weighted by Gasteiger charge is -2.40. The van der Waals surface area contributed by atoms with Crippen molar-refractivity contribution in [3.63, 3.8) is 0 Å². The summed E-state index contributed by atoms with van der Waals surface area (Å²) in [5.74, 6) is 1.55. The van der Waals surface area contributed by atoms with E-state index in [-0.39, 0.29) is 23.9 Å². The van der Waals surface area contributed by atoms with Crippen LogP contribution in [0.5, 0.6) is 5.75 Å². The van der Waals surface area contributed by atoms with E-state index in [0.29, 0.717) is 23.2 Å². The smallest absolute Gasteiger partial charge is 0.253 e. The van der Waals surface area contributed by atoms with Crippen LogP contribution in [0.2, 0.25) is 0 Å². The fourth-order valence-electron chi connectivity index (χ4n) is 7.03. The number of carbonyl (C=O) groups is 2. The highest BCUT2D eigenvalue weighted by atomic mass is 16.5. The monoisotopic (exact) mass is 567 g/mol. The molecule has 0 spiro atoms. The minimum absolute atomic E-state index is 0.0420. The Balaban J connectivity index is 1.00. The minimum atomic E-state index is -0.0483. The molecule has 8 nitrogen and oxygen atoms in total. The van der Waals surface area contributed by atoms with Crippen LogP contribution in [0.4, 0.5) is 5.82 Å². The van der Waals surface area contributed by atoms with E-state index in [2.05, 4.69) is 44.7 Å². The molecule has 220 valence electrons. The number of methoxy groups -OCH3 is 1. The van der Waals surface area contributed by atoms with E-state index in [9.17, 15) is 9.59 Å². The van der Waals surface area contributed by atoms with E-state index >= 15 is 0 Å². The predicted octanol–water partition coefficient (Wildman–Crippen LogP) is 4.72. The fraction of sp³-hybridized carbons (Fsp3) is 0.441. The molecule has 3 atom stereocenters. The van der Waals surface area contributed by atoms with Gasteiger partial charge in [0, 0.05) is 61.1 Å². The van der Waals surface area contributed by atoms with E-state index in [0.717, 1.165) is 75.3 Å². The van der Waals surface area contributed by atoms with E-state index in [1.807, 2.05) is 43.3 Å². The van der Waals surface area contributed by atoms with Gasteiger partial charge in [-0.15, -0.1) is 0 Å². The maximum atomic E-state index is 13.1. The van der Waals surface area contributed by atoms with Crippen molar-refractivity contribution in [2.45, 2.75) is 76.2 Å². The van der Waals surface area contributed by atoms with Crippen LogP contribution in [0, 0.1) is 6.92 Å². The number of hydrogen-bond acceptors (Lipinski definition) is 6. The number of amides is 2. The van der Waals surface area contributed by atoms with Gasteiger partial charge in [-0.2, -0.15) is 0 Å². The average Bonchev–Trinajstić information content (AvgIpc) is 3.28. The molecule has 3 aliphatic heterocycles. The van der Waals surface area contributed by atoms with Crippen LogP contribution in [-0.4, -0.2) is 66.1 Å². The van der Waals surface area contributed by atoms with E-state index in [4.69, 9.17) is 9.72 Å². The van der Waals surface area contributed by atoms with Crippen LogP contribution in [-0.2, 0) is 6.54 Å². The molecule has 3 aliphatic rings. The summed E-state index contributed by atoms with van der Waals surface area (Å²) >= 11 is 0. The summed E-state index contributed by atoms with van der Waals surface area (Å²) in [5, 5.41) is 6.51. The first-order valence-electron chi connectivity index (χ1n) is 15.2. The van der Waals surface area contributed by atoms with Gasteiger partial charge in [-0.05, 0) is 75.3 Å². The average molecular weight is 568 g/mol. The van der Waals surface area contributed by atoms with Gasteiger partial charge < -0.3 is 20.3 Å². The zero-order valence-electron chi connectivity index (χ0n) is 24.6. The third-order valence-corrected chi connectivity index (χ3v) is 9.26. The predicted molar refractivity (Wildman–Crippen MR) is 164 cm³/mol. The molecule has 6 rings (SSSR count). The molecule has 2 aromatic carbocycles. The molecule has 3 aromatic rings. The number of ether oxygens (including phenoxy) is 1. The standard InChI is InChI=1S/C34H41N5O3/c1-23-30(9-6-10-31(23)42-2)34(41)37-27-19-28-12-13-29(20-27)39(28)32-14-11-25(21-35-32)33(40)36-26-15-17-38(18-16-26)22-24-7-4-3-5-8-24/h3-11,14,21,26-29H,12-13,15-20,22H2,1-2H3,(H,36,40)(H,37,41)/t27?,28-,29+. The molecule has 0 saturated carbocycles. The zero-order valence-corrected chi connectivity index (χ0v) is 24.6. The van der Waals surface area contributed by atoms with Gasteiger partial charge in [0.1, 0.15) is 11.6 Å². The van der Waals surface area contributed by atoms with Crippen molar-refractivity contribution in [1.29, 1.82) is 0 Å². The van der Waals surface area contributed by atoms with Crippen molar-refractivity contribution in [2.75, 3.05) is 25.1 Å². The summed E-state index contributed by atoms with van der Waals surface area (Å²) in [4.78, 5) is 35.7. The molecule has 3 fully saturated rings. The lowest BCUT2D eigenvalue weighted by Crippen LogP contribution is -2.50. The topological polar surface area (TPSA) is 86.8 Å². The number of carbonyl (C=O) groups excluding carboxylic acids is 2. The van der Waals surface area contributed by atoms with Crippen molar-refractivity contribution in [3.05, 3.63) is 89.1 Å². The Morgan fingerprint density at radius 3 is 2.24 bits per heavy atom. The molecular weight excluding hydrogens is 526 g/mol. The van der Waals surface area contributed by atoms with Gasteiger partial charge in [-0.3, -0.25) is 14.5 Å². The Morgan fingerprint density at radius 2 is 1.57 bits per heavy atom. The summed E-state index contributed by atoms with van der Waals surface area (Å²) in [5.41, 5.74) is 3.46. The SMILES string of the molecule is COc1cccc(C(=O)NC2C[C@H]3CC[C@@H](C2)N3c2ccc(C(=O)NC3CCN(Cc4ccccc4)CC3)cn2)c1C. The number of nitrogens with one attached hydrogen (secondary N) is 2. The number of rotatable bonds is 8. The lowest BCUT2D eigenvalue weighted by atomic mass is 9.96. The number of hydrogen-bond donors (Lipinski definition) is 2. The van der Waals surface area contributed by atoms with E-state index < -0.39 is 0 Å². The highest BCUT2D eigenvalue weighted by Crippen LogP contribution is 2.38. The number of piperidine rings is 2. The maximum Gasteiger partial charge on any atom is 0.253 e. The number of aromatic nitrogens is 1.